The minimum Gasteiger partial charge on any atom is -0.345 e. The van der Waals surface area contributed by atoms with Crippen LogP contribution >= 0.6 is 0 Å². The van der Waals surface area contributed by atoms with Crippen LogP contribution < -0.4 is 0 Å². The normalized spacial score (nSPS) is 20.1. The van der Waals surface area contributed by atoms with Crippen LogP contribution in [-0.2, 0) is 11.3 Å². The first kappa shape index (κ1) is 14.0. The lowest BCUT2D eigenvalue weighted by molar-refractivity contribution is -0.133. The van der Waals surface area contributed by atoms with Crippen molar-refractivity contribution in [3.05, 3.63) is 29.6 Å². The zero-order chi connectivity index (χ0) is 13.8. The summed E-state index contributed by atoms with van der Waals surface area (Å²) in [5.74, 6) is 0.858. The Morgan fingerprint density at radius 1 is 1.53 bits per heavy atom. The van der Waals surface area contributed by atoms with E-state index in [1.165, 1.54) is 5.56 Å². The summed E-state index contributed by atoms with van der Waals surface area (Å²) in [5, 5.41) is 0. The fourth-order valence-electron chi connectivity index (χ4n) is 2.69. The molecule has 19 heavy (non-hydrogen) atoms. The van der Waals surface area contributed by atoms with E-state index in [0.29, 0.717) is 12.3 Å². The monoisotopic (exact) mass is 261 g/mol. The van der Waals surface area contributed by atoms with Crippen LogP contribution in [0.25, 0.3) is 0 Å². The number of carbonyl (C=O) groups excluding carboxylic acids is 1. The highest BCUT2D eigenvalue weighted by atomic mass is 16.2. The molecule has 1 aliphatic rings. The van der Waals surface area contributed by atoms with E-state index in [-0.39, 0.29) is 5.91 Å². The number of carbonyl (C=O) groups is 1. The van der Waals surface area contributed by atoms with Crippen LogP contribution in [0.3, 0.4) is 0 Å². The van der Waals surface area contributed by atoms with Crippen molar-refractivity contribution in [3.8, 4) is 0 Å². The van der Waals surface area contributed by atoms with Gasteiger partial charge >= 0.3 is 0 Å². The summed E-state index contributed by atoms with van der Waals surface area (Å²) in [6.07, 6.45) is 3.55. The number of nitrogens with zero attached hydrogens (tertiary/aromatic N) is 3. The van der Waals surface area contributed by atoms with Crippen LogP contribution in [0.15, 0.2) is 18.3 Å². The molecule has 1 aromatic heterocycles. The first-order valence-corrected chi connectivity index (χ1v) is 6.89. The zero-order valence-corrected chi connectivity index (χ0v) is 12.1. The van der Waals surface area contributed by atoms with Crippen molar-refractivity contribution in [1.82, 2.24) is 14.8 Å². The Labute approximate surface area is 115 Å². The first-order valence-electron chi connectivity index (χ1n) is 6.89. The van der Waals surface area contributed by atoms with Gasteiger partial charge in [0.1, 0.15) is 0 Å². The molecule has 0 aromatic carbocycles. The molecule has 4 heteroatoms. The lowest BCUT2D eigenvalue weighted by atomic mass is 9.97. The molecule has 1 fully saturated rings. The number of pyridine rings is 1. The van der Waals surface area contributed by atoms with Gasteiger partial charge in [0.25, 0.3) is 0 Å². The van der Waals surface area contributed by atoms with E-state index in [2.05, 4.69) is 29.9 Å². The summed E-state index contributed by atoms with van der Waals surface area (Å²) in [7, 11) is 4.03. The van der Waals surface area contributed by atoms with Crippen LogP contribution in [0.1, 0.15) is 24.1 Å². The molecule has 104 valence electrons. The van der Waals surface area contributed by atoms with E-state index in [4.69, 9.17) is 0 Å². The Morgan fingerprint density at radius 3 is 3.00 bits per heavy atom. The van der Waals surface area contributed by atoms with Crippen molar-refractivity contribution >= 4 is 5.91 Å². The quantitative estimate of drug-likeness (QED) is 0.827. The van der Waals surface area contributed by atoms with E-state index in [1.54, 1.807) is 0 Å². The van der Waals surface area contributed by atoms with Crippen LogP contribution in [0.2, 0.25) is 0 Å². The van der Waals surface area contributed by atoms with Crippen LogP contribution in [0.4, 0.5) is 0 Å². The average Bonchev–Trinajstić information content (AvgIpc) is 2.37. The van der Waals surface area contributed by atoms with E-state index in [0.717, 1.165) is 31.7 Å². The van der Waals surface area contributed by atoms with Crippen LogP contribution in [-0.4, -0.2) is 47.9 Å². The van der Waals surface area contributed by atoms with E-state index >= 15 is 0 Å². The predicted molar refractivity (Wildman–Crippen MR) is 75.7 cm³/mol. The van der Waals surface area contributed by atoms with Gasteiger partial charge in [-0.25, -0.2) is 0 Å². The molecule has 0 bridgehead atoms. The summed E-state index contributed by atoms with van der Waals surface area (Å²) in [6, 6.07) is 4.07. The van der Waals surface area contributed by atoms with Gasteiger partial charge in [0, 0.05) is 39.3 Å². The molecule has 1 saturated heterocycles. The topological polar surface area (TPSA) is 36.4 Å². The molecule has 0 spiro atoms. The van der Waals surface area contributed by atoms with Crippen molar-refractivity contribution in [2.75, 3.05) is 27.2 Å². The Hall–Kier alpha value is -1.42. The molecule has 0 aliphatic carbocycles. The minimum absolute atomic E-state index is 0.277. The number of aromatic nitrogens is 1. The molecule has 0 radical (unpaired) electrons. The molecular weight excluding hydrogens is 238 g/mol. The van der Waals surface area contributed by atoms with Crippen molar-refractivity contribution in [2.45, 2.75) is 26.3 Å². The SMILES string of the molecule is Cc1cccnc1CN(C)CC1CCC(=O)N(C)C1. The number of rotatable bonds is 4. The summed E-state index contributed by atoms with van der Waals surface area (Å²) in [4.78, 5) is 20.1. The summed E-state index contributed by atoms with van der Waals surface area (Å²) in [6.45, 7) is 4.88. The molecule has 4 nitrogen and oxygen atoms in total. The number of piperidine rings is 1. The second kappa shape index (κ2) is 6.15. The Bertz CT molecular complexity index is 447. The molecule has 1 aliphatic heterocycles. The maximum absolute atomic E-state index is 11.5. The molecule has 1 aromatic rings. The number of hydrogen-bond acceptors (Lipinski definition) is 3. The van der Waals surface area contributed by atoms with Gasteiger partial charge in [-0.2, -0.15) is 0 Å². The average molecular weight is 261 g/mol. The minimum atomic E-state index is 0.277. The third kappa shape index (κ3) is 3.77. The van der Waals surface area contributed by atoms with Gasteiger partial charge in [0.2, 0.25) is 5.91 Å². The fraction of sp³-hybridized carbons (Fsp3) is 0.600. The molecular formula is C15H23N3O. The molecule has 2 heterocycles. The first-order chi connectivity index (χ1) is 9.06. The Morgan fingerprint density at radius 2 is 2.32 bits per heavy atom. The second-order valence-electron chi connectivity index (χ2n) is 5.64. The molecule has 0 saturated carbocycles. The van der Waals surface area contributed by atoms with Crippen LogP contribution in [0, 0.1) is 12.8 Å². The largest absolute Gasteiger partial charge is 0.345 e. The number of aryl methyl sites for hydroxylation is 1. The van der Waals surface area contributed by atoms with Crippen LogP contribution in [0.5, 0.6) is 0 Å². The highest BCUT2D eigenvalue weighted by Crippen LogP contribution is 2.18. The van der Waals surface area contributed by atoms with Gasteiger partial charge in [-0.15, -0.1) is 0 Å². The van der Waals surface area contributed by atoms with E-state index in [9.17, 15) is 4.79 Å². The summed E-state index contributed by atoms with van der Waals surface area (Å²) >= 11 is 0. The van der Waals surface area contributed by atoms with Gasteiger partial charge < -0.3 is 9.80 Å². The van der Waals surface area contributed by atoms with Gasteiger partial charge in [0.05, 0.1) is 5.69 Å². The molecule has 1 unspecified atom stereocenters. The Balaban J connectivity index is 1.86. The van der Waals surface area contributed by atoms with Gasteiger partial charge in [-0.3, -0.25) is 9.78 Å². The van der Waals surface area contributed by atoms with Gasteiger partial charge in [-0.1, -0.05) is 6.07 Å². The van der Waals surface area contributed by atoms with Crippen molar-refractivity contribution in [2.24, 2.45) is 5.92 Å². The van der Waals surface area contributed by atoms with E-state index < -0.39 is 0 Å². The highest BCUT2D eigenvalue weighted by molar-refractivity contribution is 5.76. The number of amides is 1. The Kier molecular flexibility index (Phi) is 4.53. The van der Waals surface area contributed by atoms with Gasteiger partial charge in [-0.05, 0) is 37.9 Å². The highest BCUT2D eigenvalue weighted by Gasteiger charge is 2.23. The lowest BCUT2D eigenvalue weighted by Gasteiger charge is -2.32. The van der Waals surface area contributed by atoms with Crippen molar-refractivity contribution < 1.29 is 4.79 Å². The third-order valence-electron chi connectivity index (χ3n) is 3.83. The molecule has 1 atom stereocenters. The standard InChI is InChI=1S/C15H23N3O/c1-12-5-4-8-16-14(12)11-17(2)9-13-6-7-15(19)18(3)10-13/h4-5,8,13H,6-7,9-11H2,1-3H3. The summed E-state index contributed by atoms with van der Waals surface area (Å²) in [5.41, 5.74) is 2.38. The number of likely N-dealkylation sites (tertiary alicyclic amines) is 1. The summed E-state index contributed by atoms with van der Waals surface area (Å²) < 4.78 is 0. The maximum Gasteiger partial charge on any atom is 0.222 e. The molecule has 0 N–H and O–H groups in total. The smallest absolute Gasteiger partial charge is 0.222 e. The maximum atomic E-state index is 11.5. The third-order valence-corrected chi connectivity index (χ3v) is 3.83. The molecule has 1 amide bonds. The predicted octanol–water partition coefficient (Wildman–Crippen LogP) is 1.69. The van der Waals surface area contributed by atoms with Crippen molar-refractivity contribution in [3.63, 3.8) is 0 Å². The lowest BCUT2D eigenvalue weighted by Crippen LogP contribution is -2.41. The zero-order valence-electron chi connectivity index (χ0n) is 12.1. The number of hydrogen-bond donors (Lipinski definition) is 0. The van der Waals surface area contributed by atoms with Crippen molar-refractivity contribution in [1.29, 1.82) is 0 Å². The second-order valence-corrected chi connectivity index (χ2v) is 5.64. The fourth-order valence-corrected chi connectivity index (χ4v) is 2.69. The van der Waals surface area contributed by atoms with Gasteiger partial charge in [0.15, 0.2) is 0 Å². The molecule has 2 rings (SSSR count). The van der Waals surface area contributed by atoms with E-state index in [1.807, 2.05) is 24.2 Å².